The van der Waals surface area contributed by atoms with E-state index in [4.69, 9.17) is 14.2 Å². The zero-order valence-electron chi connectivity index (χ0n) is 18.4. The molecule has 4 nitrogen and oxygen atoms in total. The van der Waals surface area contributed by atoms with Crippen molar-refractivity contribution in [2.24, 2.45) is 5.92 Å². The average molecular weight is 410 g/mol. The fourth-order valence-electron chi connectivity index (χ4n) is 4.82. The van der Waals surface area contributed by atoms with Crippen molar-refractivity contribution < 1.29 is 14.2 Å². The molecule has 4 rings (SSSR count). The van der Waals surface area contributed by atoms with Gasteiger partial charge in [-0.15, -0.1) is 0 Å². The third-order valence-electron chi connectivity index (χ3n) is 6.30. The summed E-state index contributed by atoms with van der Waals surface area (Å²) in [5, 5.41) is 3.65. The van der Waals surface area contributed by atoms with Gasteiger partial charge in [-0.1, -0.05) is 37.5 Å². The summed E-state index contributed by atoms with van der Waals surface area (Å²) in [6, 6.07) is 15.1. The molecule has 2 aliphatic rings. The van der Waals surface area contributed by atoms with Crippen LogP contribution in [0.3, 0.4) is 0 Å². The summed E-state index contributed by atoms with van der Waals surface area (Å²) in [6.45, 7) is 6.35. The molecule has 1 aliphatic heterocycles. The number of hydrogen-bond acceptors (Lipinski definition) is 4. The van der Waals surface area contributed by atoms with Crippen molar-refractivity contribution in [3.8, 4) is 17.2 Å². The summed E-state index contributed by atoms with van der Waals surface area (Å²) >= 11 is 0. The predicted molar refractivity (Wildman–Crippen MR) is 120 cm³/mol. The minimum Gasteiger partial charge on any atom is -0.491 e. The summed E-state index contributed by atoms with van der Waals surface area (Å²) in [4.78, 5) is 0. The van der Waals surface area contributed by atoms with Crippen molar-refractivity contribution in [3.05, 3.63) is 53.6 Å². The van der Waals surface area contributed by atoms with Gasteiger partial charge in [0.2, 0.25) is 6.79 Å². The Labute approximate surface area is 180 Å². The van der Waals surface area contributed by atoms with Gasteiger partial charge in [-0.05, 0) is 86.9 Å². The van der Waals surface area contributed by atoms with E-state index in [1.807, 2.05) is 6.07 Å². The number of rotatable bonds is 9. The smallest absolute Gasteiger partial charge is 0.231 e. The van der Waals surface area contributed by atoms with Gasteiger partial charge in [0, 0.05) is 6.54 Å². The van der Waals surface area contributed by atoms with E-state index in [2.05, 4.69) is 55.6 Å². The second kappa shape index (κ2) is 10.2. The molecule has 0 amide bonds. The third kappa shape index (κ3) is 5.48. The van der Waals surface area contributed by atoms with Crippen molar-refractivity contribution in [2.75, 3.05) is 13.3 Å². The molecule has 0 aromatic heterocycles. The van der Waals surface area contributed by atoms with Crippen LogP contribution in [0.2, 0.25) is 0 Å². The van der Waals surface area contributed by atoms with Gasteiger partial charge in [0.05, 0.1) is 6.10 Å². The number of nitrogens with one attached hydrogen (secondary N) is 1. The molecule has 0 unspecified atom stereocenters. The Morgan fingerprint density at radius 3 is 2.50 bits per heavy atom. The van der Waals surface area contributed by atoms with Crippen LogP contribution in [0.4, 0.5) is 0 Å². The van der Waals surface area contributed by atoms with Gasteiger partial charge in [-0.2, -0.15) is 0 Å². The lowest BCUT2D eigenvalue weighted by atomic mass is 9.75. The molecule has 2 aromatic carbocycles. The Morgan fingerprint density at radius 1 is 0.967 bits per heavy atom. The fraction of sp³-hybridized carbons (Fsp3) is 0.538. The van der Waals surface area contributed by atoms with Crippen molar-refractivity contribution in [1.82, 2.24) is 5.32 Å². The maximum absolute atomic E-state index is 5.84. The molecule has 30 heavy (non-hydrogen) atoms. The lowest BCUT2D eigenvalue weighted by molar-refractivity contribution is 0.174. The van der Waals surface area contributed by atoms with Crippen LogP contribution >= 0.6 is 0 Å². The quantitative estimate of drug-likeness (QED) is 0.512. The topological polar surface area (TPSA) is 39.7 Å². The van der Waals surface area contributed by atoms with Crippen molar-refractivity contribution in [3.63, 3.8) is 0 Å². The Bertz CT molecular complexity index is 796. The monoisotopic (exact) mass is 409 g/mol. The standard InChI is InChI=1S/C26H35NO3/c1-19(2)30-23-11-9-22(10-12-23)24(21-6-4-3-5-7-21)14-15-27-17-20-8-13-25-26(16-20)29-18-28-25/h8-13,16,19,21,24,27H,3-7,14-15,17-18H2,1-2H3/t24-/m1/s1. The molecule has 1 N–H and O–H groups in total. The van der Waals surface area contributed by atoms with Crippen LogP contribution in [0, 0.1) is 5.92 Å². The van der Waals surface area contributed by atoms with Crippen LogP contribution in [0.5, 0.6) is 17.2 Å². The van der Waals surface area contributed by atoms with Gasteiger partial charge in [-0.3, -0.25) is 0 Å². The summed E-state index contributed by atoms with van der Waals surface area (Å²) in [6.07, 6.45) is 8.24. The van der Waals surface area contributed by atoms with E-state index in [9.17, 15) is 0 Å². The van der Waals surface area contributed by atoms with Crippen LogP contribution in [0.1, 0.15) is 69.4 Å². The Morgan fingerprint density at radius 2 is 1.73 bits per heavy atom. The van der Waals surface area contributed by atoms with Crippen molar-refractivity contribution in [1.29, 1.82) is 0 Å². The van der Waals surface area contributed by atoms with Crippen LogP contribution in [0.25, 0.3) is 0 Å². The number of ether oxygens (including phenoxy) is 3. The van der Waals surface area contributed by atoms with E-state index >= 15 is 0 Å². The molecule has 1 atom stereocenters. The highest BCUT2D eigenvalue weighted by atomic mass is 16.7. The van der Waals surface area contributed by atoms with E-state index < -0.39 is 0 Å². The minimum atomic E-state index is 0.213. The van der Waals surface area contributed by atoms with Gasteiger partial charge in [-0.25, -0.2) is 0 Å². The second-order valence-electron chi connectivity index (χ2n) is 8.89. The molecule has 0 spiro atoms. The first-order valence-electron chi connectivity index (χ1n) is 11.5. The largest absolute Gasteiger partial charge is 0.491 e. The van der Waals surface area contributed by atoms with E-state index in [0.29, 0.717) is 12.7 Å². The number of hydrogen-bond donors (Lipinski definition) is 1. The summed E-state index contributed by atoms with van der Waals surface area (Å²) in [5.41, 5.74) is 2.70. The van der Waals surface area contributed by atoms with Crippen LogP contribution in [0.15, 0.2) is 42.5 Å². The SMILES string of the molecule is CC(C)Oc1ccc([C@H](CCNCc2ccc3c(c2)OCO3)C2CCCCC2)cc1. The first-order chi connectivity index (χ1) is 14.7. The Balaban J connectivity index is 1.35. The van der Waals surface area contributed by atoms with E-state index in [-0.39, 0.29) is 6.10 Å². The first kappa shape index (κ1) is 21.0. The highest BCUT2D eigenvalue weighted by Crippen LogP contribution is 2.38. The van der Waals surface area contributed by atoms with E-state index in [1.54, 1.807) is 0 Å². The van der Waals surface area contributed by atoms with Gasteiger partial charge in [0.25, 0.3) is 0 Å². The van der Waals surface area contributed by atoms with Crippen molar-refractivity contribution >= 4 is 0 Å². The molecule has 1 fully saturated rings. The molecule has 1 saturated carbocycles. The average Bonchev–Trinajstić information content (AvgIpc) is 3.23. The number of fused-ring (bicyclic) bond motifs is 1. The van der Waals surface area contributed by atoms with Crippen LogP contribution < -0.4 is 19.5 Å². The summed E-state index contributed by atoms with van der Waals surface area (Å²) in [7, 11) is 0. The molecular weight excluding hydrogens is 374 g/mol. The van der Waals surface area contributed by atoms with Crippen LogP contribution in [-0.2, 0) is 6.54 Å². The lowest BCUT2D eigenvalue weighted by Crippen LogP contribution is -2.22. The zero-order chi connectivity index (χ0) is 20.8. The lowest BCUT2D eigenvalue weighted by Gasteiger charge is -2.31. The van der Waals surface area contributed by atoms with Crippen molar-refractivity contribution in [2.45, 2.75) is 70.9 Å². The van der Waals surface area contributed by atoms with Gasteiger partial charge >= 0.3 is 0 Å². The Hall–Kier alpha value is -2.20. The summed E-state index contributed by atoms with van der Waals surface area (Å²) < 4.78 is 16.7. The highest BCUT2D eigenvalue weighted by Gasteiger charge is 2.25. The molecule has 0 radical (unpaired) electrons. The maximum atomic E-state index is 5.84. The normalized spacial score (nSPS) is 17.3. The van der Waals surface area contributed by atoms with Gasteiger partial charge in [0.15, 0.2) is 11.5 Å². The first-order valence-corrected chi connectivity index (χ1v) is 11.5. The molecule has 162 valence electrons. The van der Waals surface area contributed by atoms with Crippen LogP contribution in [-0.4, -0.2) is 19.4 Å². The minimum absolute atomic E-state index is 0.213. The van der Waals surface area contributed by atoms with Gasteiger partial charge in [0.1, 0.15) is 5.75 Å². The Kier molecular flexibility index (Phi) is 7.16. The number of benzene rings is 2. The highest BCUT2D eigenvalue weighted by molar-refractivity contribution is 5.44. The molecule has 4 heteroatoms. The molecule has 0 bridgehead atoms. The molecule has 1 heterocycles. The fourth-order valence-corrected chi connectivity index (χ4v) is 4.82. The zero-order valence-corrected chi connectivity index (χ0v) is 18.4. The maximum Gasteiger partial charge on any atom is 0.231 e. The third-order valence-corrected chi connectivity index (χ3v) is 6.30. The predicted octanol–water partition coefficient (Wildman–Crippen LogP) is 6.05. The second-order valence-corrected chi connectivity index (χ2v) is 8.89. The van der Waals surface area contributed by atoms with E-state index in [0.717, 1.165) is 36.3 Å². The molecule has 1 aliphatic carbocycles. The molecular formula is C26H35NO3. The van der Waals surface area contributed by atoms with E-state index in [1.165, 1.54) is 49.7 Å². The molecule has 0 saturated heterocycles. The summed E-state index contributed by atoms with van der Waals surface area (Å²) in [5.74, 6) is 4.08. The molecule has 2 aromatic rings. The van der Waals surface area contributed by atoms with Gasteiger partial charge < -0.3 is 19.5 Å².